The van der Waals surface area contributed by atoms with Gasteiger partial charge in [0, 0.05) is 45.0 Å². The Morgan fingerprint density at radius 2 is 1.90 bits per heavy atom. The second-order valence-corrected chi connectivity index (χ2v) is 8.15. The lowest BCUT2D eigenvalue weighted by Crippen LogP contribution is -2.44. The Kier molecular flexibility index (Phi) is 6.41. The van der Waals surface area contributed by atoms with Crippen LogP contribution in [0.5, 0.6) is 0 Å². The maximum absolute atomic E-state index is 12.7. The van der Waals surface area contributed by atoms with Crippen molar-refractivity contribution in [2.75, 3.05) is 56.5 Å². The Labute approximate surface area is 182 Å². The van der Waals surface area contributed by atoms with Gasteiger partial charge in [0.05, 0.1) is 22.9 Å². The molecule has 0 bridgehead atoms. The lowest BCUT2D eigenvalue weighted by molar-refractivity contribution is 0.211. The lowest BCUT2D eigenvalue weighted by Gasteiger charge is -2.34. The van der Waals surface area contributed by atoms with Crippen LogP contribution in [-0.2, 0) is 0 Å². The molecule has 1 aliphatic heterocycles. The van der Waals surface area contributed by atoms with Crippen LogP contribution in [0.1, 0.15) is 26.7 Å². The number of hydrogen-bond donors (Lipinski definition) is 3. The third-order valence-corrected chi connectivity index (χ3v) is 5.73. The van der Waals surface area contributed by atoms with Crippen LogP contribution in [0.25, 0.3) is 22.6 Å². The molecule has 0 spiro atoms. The molecule has 1 fully saturated rings. The summed E-state index contributed by atoms with van der Waals surface area (Å²) < 4.78 is 0. The molecule has 0 aliphatic carbocycles. The number of urea groups is 1. The number of H-pyrrole nitrogens is 2. The Balaban J connectivity index is 1.54. The van der Waals surface area contributed by atoms with Crippen molar-refractivity contribution < 1.29 is 4.79 Å². The molecule has 31 heavy (non-hydrogen) atoms. The van der Waals surface area contributed by atoms with E-state index in [0.29, 0.717) is 17.2 Å². The number of benzene rings is 1. The van der Waals surface area contributed by atoms with E-state index in [-0.39, 0.29) is 6.03 Å². The molecule has 0 radical (unpaired) electrons. The van der Waals surface area contributed by atoms with Crippen LogP contribution in [-0.4, -0.2) is 82.3 Å². The normalized spacial score (nSPS) is 14.9. The monoisotopic (exact) mass is 424 g/mol. The van der Waals surface area contributed by atoms with E-state index in [1.54, 1.807) is 6.20 Å². The first-order valence-corrected chi connectivity index (χ1v) is 11.1. The zero-order chi connectivity index (χ0) is 21.8. The van der Waals surface area contributed by atoms with Gasteiger partial charge in [0.2, 0.25) is 0 Å². The molecule has 4 rings (SSSR count). The van der Waals surface area contributed by atoms with Gasteiger partial charge >= 0.3 is 6.03 Å². The highest BCUT2D eigenvalue weighted by Gasteiger charge is 2.19. The molecule has 3 aromatic rings. The van der Waals surface area contributed by atoms with E-state index in [1.807, 2.05) is 11.0 Å². The van der Waals surface area contributed by atoms with Gasteiger partial charge in [0.15, 0.2) is 5.82 Å². The number of carbonyl (C=O) groups is 1. The lowest BCUT2D eigenvalue weighted by atomic mass is 10.2. The molecule has 1 aromatic carbocycles. The highest BCUT2D eigenvalue weighted by molar-refractivity contribution is 5.93. The Bertz CT molecular complexity index is 1010. The number of likely N-dealkylation sites (N-methyl/N-ethyl adjacent to an activating group) is 1. The Hall–Kier alpha value is -3.07. The zero-order valence-corrected chi connectivity index (χ0v) is 18.6. The molecule has 1 saturated heterocycles. The smallest absolute Gasteiger partial charge is 0.321 e. The number of carbonyl (C=O) groups excluding carboxylic acids is 1. The molecule has 1 aliphatic rings. The molecule has 9 nitrogen and oxygen atoms in total. The summed E-state index contributed by atoms with van der Waals surface area (Å²) in [6, 6.07) is 6.21. The molecule has 3 heterocycles. The minimum absolute atomic E-state index is 0.111. The SMILES string of the molecule is CCCN(CCC)C(=O)Nc1cn[nH]c1-c1nc2ccc(N3CCN(C)CC3)cc2[nH]1. The molecule has 0 saturated carbocycles. The van der Waals surface area contributed by atoms with Crippen LogP contribution in [0.15, 0.2) is 24.4 Å². The van der Waals surface area contributed by atoms with Crippen molar-refractivity contribution in [2.24, 2.45) is 0 Å². The number of amides is 2. The van der Waals surface area contributed by atoms with E-state index in [2.05, 4.69) is 63.3 Å². The van der Waals surface area contributed by atoms with Crippen molar-refractivity contribution in [3.63, 3.8) is 0 Å². The minimum atomic E-state index is -0.111. The molecule has 166 valence electrons. The van der Waals surface area contributed by atoms with E-state index in [0.717, 1.165) is 63.1 Å². The Morgan fingerprint density at radius 1 is 1.16 bits per heavy atom. The van der Waals surface area contributed by atoms with Crippen LogP contribution in [0.3, 0.4) is 0 Å². The number of piperazine rings is 1. The minimum Gasteiger partial charge on any atom is -0.369 e. The van der Waals surface area contributed by atoms with Gasteiger partial charge in [-0.2, -0.15) is 5.10 Å². The topological polar surface area (TPSA) is 96.2 Å². The van der Waals surface area contributed by atoms with Gasteiger partial charge in [-0.05, 0) is 38.1 Å². The zero-order valence-electron chi connectivity index (χ0n) is 18.6. The summed E-state index contributed by atoms with van der Waals surface area (Å²) in [6.45, 7) is 9.78. The fraction of sp³-hybridized carbons (Fsp3) is 0.500. The average Bonchev–Trinajstić information content (AvgIpc) is 3.40. The van der Waals surface area contributed by atoms with Crippen molar-refractivity contribution in [1.82, 2.24) is 30.0 Å². The highest BCUT2D eigenvalue weighted by Crippen LogP contribution is 2.28. The van der Waals surface area contributed by atoms with Crippen molar-refractivity contribution in [1.29, 1.82) is 0 Å². The third-order valence-electron chi connectivity index (χ3n) is 5.73. The molecule has 0 unspecified atom stereocenters. The van der Waals surface area contributed by atoms with Crippen LogP contribution in [0.2, 0.25) is 0 Å². The summed E-state index contributed by atoms with van der Waals surface area (Å²) in [5, 5.41) is 10.1. The Morgan fingerprint density at radius 3 is 2.61 bits per heavy atom. The van der Waals surface area contributed by atoms with Crippen LogP contribution < -0.4 is 10.2 Å². The molecule has 9 heteroatoms. The van der Waals surface area contributed by atoms with Gasteiger partial charge in [-0.3, -0.25) is 5.10 Å². The van der Waals surface area contributed by atoms with Crippen molar-refractivity contribution in [3.05, 3.63) is 24.4 Å². The number of fused-ring (bicyclic) bond motifs is 1. The molecule has 2 amide bonds. The third kappa shape index (κ3) is 4.66. The molecule has 2 aromatic heterocycles. The van der Waals surface area contributed by atoms with Crippen molar-refractivity contribution in [3.8, 4) is 11.5 Å². The van der Waals surface area contributed by atoms with E-state index in [1.165, 1.54) is 5.69 Å². The number of aromatic amines is 2. The van der Waals surface area contributed by atoms with Crippen LogP contribution >= 0.6 is 0 Å². The number of anilines is 2. The standard InChI is InChI=1S/C22H32N8O/c1-4-8-30(9-5-2)22(31)26-19-15-23-27-20(19)21-24-17-7-6-16(14-18(17)25-21)29-12-10-28(3)11-13-29/h6-7,14-15H,4-5,8-13H2,1-3H3,(H,23,27)(H,24,25)(H,26,31). The van der Waals surface area contributed by atoms with E-state index < -0.39 is 0 Å². The first-order chi connectivity index (χ1) is 15.1. The number of imidazole rings is 1. The van der Waals surface area contributed by atoms with Gasteiger partial charge in [-0.25, -0.2) is 9.78 Å². The van der Waals surface area contributed by atoms with Gasteiger partial charge in [-0.1, -0.05) is 13.8 Å². The van der Waals surface area contributed by atoms with E-state index in [4.69, 9.17) is 4.98 Å². The number of rotatable bonds is 7. The molecule has 3 N–H and O–H groups in total. The summed E-state index contributed by atoms with van der Waals surface area (Å²) in [4.78, 5) is 27.4. The van der Waals surface area contributed by atoms with Crippen molar-refractivity contribution >= 4 is 28.4 Å². The number of aromatic nitrogens is 4. The molecular formula is C22H32N8O. The summed E-state index contributed by atoms with van der Waals surface area (Å²) in [6.07, 6.45) is 3.47. The fourth-order valence-electron chi connectivity index (χ4n) is 3.99. The summed E-state index contributed by atoms with van der Waals surface area (Å²) in [5.41, 5.74) is 4.36. The molecule has 0 atom stereocenters. The van der Waals surface area contributed by atoms with Crippen LogP contribution in [0, 0.1) is 0 Å². The highest BCUT2D eigenvalue weighted by atomic mass is 16.2. The van der Waals surface area contributed by atoms with Gasteiger partial charge in [0.25, 0.3) is 0 Å². The molecular weight excluding hydrogens is 392 g/mol. The van der Waals surface area contributed by atoms with Crippen molar-refractivity contribution in [2.45, 2.75) is 26.7 Å². The second kappa shape index (κ2) is 9.38. The van der Waals surface area contributed by atoms with Crippen LogP contribution in [0.4, 0.5) is 16.2 Å². The first kappa shape index (κ1) is 21.2. The largest absolute Gasteiger partial charge is 0.369 e. The average molecular weight is 425 g/mol. The second-order valence-electron chi connectivity index (χ2n) is 8.15. The fourth-order valence-corrected chi connectivity index (χ4v) is 3.99. The van der Waals surface area contributed by atoms with E-state index >= 15 is 0 Å². The predicted octanol–water partition coefficient (Wildman–Crippen LogP) is 3.36. The van der Waals surface area contributed by atoms with E-state index in [9.17, 15) is 4.79 Å². The number of nitrogens with zero attached hydrogens (tertiary/aromatic N) is 5. The maximum atomic E-state index is 12.7. The van der Waals surface area contributed by atoms with Gasteiger partial charge < -0.3 is 25.0 Å². The summed E-state index contributed by atoms with van der Waals surface area (Å²) in [5.74, 6) is 0.663. The number of hydrogen-bond acceptors (Lipinski definition) is 5. The predicted molar refractivity (Wildman–Crippen MR) is 125 cm³/mol. The quantitative estimate of drug-likeness (QED) is 0.540. The summed E-state index contributed by atoms with van der Waals surface area (Å²) >= 11 is 0. The number of nitrogens with one attached hydrogen (secondary N) is 3. The van der Waals surface area contributed by atoms with Gasteiger partial charge in [0.1, 0.15) is 5.69 Å². The van der Waals surface area contributed by atoms with Gasteiger partial charge in [-0.15, -0.1) is 0 Å². The first-order valence-electron chi connectivity index (χ1n) is 11.1. The maximum Gasteiger partial charge on any atom is 0.321 e. The summed E-state index contributed by atoms with van der Waals surface area (Å²) in [7, 11) is 2.16.